The van der Waals surface area contributed by atoms with E-state index in [9.17, 15) is 0 Å². The molecule has 1 fully saturated rings. The number of anilines is 1. The Hall–Kier alpha value is -1.80. The zero-order valence-electron chi connectivity index (χ0n) is 14.4. The lowest BCUT2D eigenvalue weighted by Crippen LogP contribution is -2.38. The van der Waals surface area contributed by atoms with Gasteiger partial charge in [0.05, 0.1) is 0 Å². The van der Waals surface area contributed by atoms with Gasteiger partial charge in [0.15, 0.2) is 0 Å². The summed E-state index contributed by atoms with van der Waals surface area (Å²) >= 11 is 0. The number of aryl methyl sites for hydroxylation is 2. The van der Waals surface area contributed by atoms with E-state index in [1.807, 2.05) is 0 Å². The number of hydrogen-bond donors (Lipinski definition) is 1. The van der Waals surface area contributed by atoms with Crippen LogP contribution in [0.5, 0.6) is 0 Å². The van der Waals surface area contributed by atoms with E-state index >= 15 is 0 Å². The highest BCUT2D eigenvalue weighted by atomic mass is 15.1. The van der Waals surface area contributed by atoms with Crippen molar-refractivity contribution in [3.05, 3.63) is 65.2 Å². The Morgan fingerprint density at radius 2 is 1.61 bits per heavy atom. The summed E-state index contributed by atoms with van der Waals surface area (Å²) in [5.41, 5.74) is 5.49. The Kier molecular flexibility index (Phi) is 5.35. The Bertz CT molecular complexity index is 610. The van der Waals surface area contributed by atoms with E-state index in [0.29, 0.717) is 6.04 Å². The lowest BCUT2D eigenvalue weighted by atomic mass is 10.0. The molecule has 0 amide bonds. The summed E-state index contributed by atoms with van der Waals surface area (Å²) < 4.78 is 0. The van der Waals surface area contributed by atoms with Crippen molar-refractivity contribution in [1.82, 2.24) is 4.90 Å². The van der Waals surface area contributed by atoms with Gasteiger partial charge in [0.25, 0.3) is 0 Å². The lowest BCUT2D eigenvalue weighted by Gasteiger charge is -2.33. The quantitative estimate of drug-likeness (QED) is 0.866. The van der Waals surface area contributed by atoms with Crippen molar-refractivity contribution in [2.75, 3.05) is 18.4 Å². The largest absolute Gasteiger partial charge is 0.382 e. The zero-order chi connectivity index (χ0) is 16.1. The van der Waals surface area contributed by atoms with E-state index in [0.717, 1.165) is 13.0 Å². The number of nitrogens with one attached hydrogen (secondary N) is 1. The third-order valence-corrected chi connectivity index (χ3v) is 4.93. The highest BCUT2D eigenvalue weighted by Crippen LogP contribution is 2.20. The molecule has 2 nitrogen and oxygen atoms in total. The summed E-state index contributed by atoms with van der Waals surface area (Å²) in [6.07, 6.45) is 3.57. The van der Waals surface area contributed by atoms with Crippen molar-refractivity contribution in [1.29, 1.82) is 0 Å². The predicted molar refractivity (Wildman–Crippen MR) is 98.9 cm³/mol. The summed E-state index contributed by atoms with van der Waals surface area (Å²) in [7, 11) is 0. The smallest absolute Gasteiger partial charge is 0.0372 e. The highest BCUT2D eigenvalue weighted by Gasteiger charge is 2.19. The van der Waals surface area contributed by atoms with Gasteiger partial charge in [-0.3, -0.25) is 4.90 Å². The second kappa shape index (κ2) is 7.65. The van der Waals surface area contributed by atoms with Gasteiger partial charge in [-0.1, -0.05) is 49.4 Å². The second-order valence-electron chi connectivity index (χ2n) is 6.68. The third-order valence-electron chi connectivity index (χ3n) is 4.93. The van der Waals surface area contributed by atoms with E-state index in [2.05, 4.69) is 72.6 Å². The monoisotopic (exact) mass is 308 g/mol. The Morgan fingerprint density at radius 3 is 2.26 bits per heavy atom. The topological polar surface area (TPSA) is 15.3 Å². The Balaban J connectivity index is 1.49. The van der Waals surface area contributed by atoms with E-state index in [-0.39, 0.29) is 0 Å². The average Bonchev–Trinajstić information content (AvgIpc) is 2.59. The summed E-state index contributed by atoms with van der Waals surface area (Å²) in [6, 6.07) is 18.3. The van der Waals surface area contributed by atoms with Crippen LogP contribution in [0.25, 0.3) is 0 Å². The molecule has 1 aliphatic heterocycles. The van der Waals surface area contributed by atoms with Gasteiger partial charge in [-0.05, 0) is 48.9 Å². The summed E-state index contributed by atoms with van der Waals surface area (Å²) in [6.45, 7) is 7.83. The van der Waals surface area contributed by atoms with E-state index in [4.69, 9.17) is 0 Å². The first-order valence-electron chi connectivity index (χ1n) is 8.87. The van der Waals surface area contributed by atoms with Crippen LogP contribution in [-0.2, 0) is 13.0 Å². The predicted octanol–water partition coefficient (Wildman–Crippen LogP) is 4.63. The molecule has 1 saturated heterocycles. The van der Waals surface area contributed by atoms with Gasteiger partial charge in [-0.15, -0.1) is 0 Å². The summed E-state index contributed by atoms with van der Waals surface area (Å²) in [5.74, 6) is 0. The van der Waals surface area contributed by atoms with Gasteiger partial charge >= 0.3 is 0 Å². The molecule has 0 aromatic heterocycles. The number of piperidine rings is 1. The third kappa shape index (κ3) is 4.35. The molecular formula is C21H28N2. The molecule has 2 heteroatoms. The maximum absolute atomic E-state index is 3.72. The fourth-order valence-corrected chi connectivity index (χ4v) is 3.33. The lowest BCUT2D eigenvalue weighted by molar-refractivity contribution is 0.211. The fourth-order valence-electron chi connectivity index (χ4n) is 3.33. The Labute approximate surface area is 140 Å². The van der Waals surface area contributed by atoms with Gasteiger partial charge < -0.3 is 5.32 Å². The molecule has 3 rings (SSSR count). The SMILES string of the molecule is CCc1ccc(CN2CCC(Nc3ccccc3C)CC2)cc1. The normalized spacial score (nSPS) is 16.4. The Morgan fingerprint density at radius 1 is 0.957 bits per heavy atom. The molecule has 122 valence electrons. The van der Waals surface area contributed by atoms with Crippen molar-refractivity contribution in [2.45, 2.75) is 45.7 Å². The van der Waals surface area contributed by atoms with E-state index in [1.165, 1.54) is 48.3 Å². The molecule has 0 atom stereocenters. The van der Waals surface area contributed by atoms with Crippen LogP contribution in [0.15, 0.2) is 48.5 Å². The molecule has 0 saturated carbocycles. The molecule has 2 aromatic rings. The number of hydrogen-bond acceptors (Lipinski definition) is 2. The van der Waals surface area contributed by atoms with Crippen molar-refractivity contribution in [2.24, 2.45) is 0 Å². The number of nitrogens with zero attached hydrogens (tertiary/aromatic N) is 1. The first-order valence-corrected chi connectivity index (χ1v) is 8.87. The van der Waals surface area contributed by atoms with E-state index < -0.39 is 0 Å². The van der Waals surface area contributed by atoms with E-state index in [1.54, 1.807) is 0 Å². The van der Waals surface area contributed by atoms with Crippen LogP contribution in [0.4, 0.5) is 5.69 Å². The van der Waals surface area contributed by atoms with Crippen molar-refractivity contribution < 1.29 is 0 Å². The molecule has 1 aliphatic rings. The minimum Gasteiger partial charge on any atom is -0.382 e. The minimum absolute atomic E-state index is 0.606. The molecule has 0 aliphatic carbocycles. The number of likely N-dealkylation sites (tertiary alicyclic amines) is 1. The van der Waals surface area contributed by atoms with Gasteiger partial charge in [0, 0.05) is 31.4 Å². The number of para-hydroxylation sites is 1. The van der Waals surface area contributed by atoms with Gasteiger partial charge in [0.1, 0.15) is 0 Å². The van der Waals surface area contributed by atoms with Gasteiger partial charge in [0.2, 0.25) is 0 Å². The first kappa shape index (κ1) is 16.1. The van der Waals surface area contributed by atoms with Crippen LogP contribution in [0.1, 0.15) is 36.5 Å². The maximum Gasteiger partial charge on any atom is 0.0372 e. The molecule has 23 heavy (non-hydrogen) atoms. The number of benzene rings is 2. The van der Waals surface area contributed by atoms with Crippen LogP contribution in [0.2, 0.25) is 0 Å². The summed E-state index contributed by atoms with van der Waals surface area (Å²) in [4.78, 5) is 2.58. The standard InChI is InChI=1S/C21H28N2/c1-3-18-8-10-19(11-9-18)16-23-14-12-20(13-15-23)22-21-7-5-4-6-17(21)2/h4-11,20,22H,3,12-16H2,1-2H3. The zero-order valence-corrected chi connectivity index (χ0v) is 14.4. The molecule has 0 radical (unpaired) electrons. The van der Waals surface area contributed by atoms with Crippen LogP contribution >= 0.6 is 0 Å². The molecule has 1 N–H and O–H groups in total. The second-order valence-corrected chi connectivity index (χ2v) is 6.68. The minimum atomic E-state index is 0.606. The van der Waals surface area contributed by atoms with Gasteiger partial charge in [-0.2, -0.15) is 0 Å². The fraction of sp³-hybridized carbons (Fsp3) is 0.429. The molecule has 0 unspecified atom stereocenters. The van der Waals surface area contributed by atoms with Crippen molar-refractivity contribution in [3.8, 4) is 0 Å². The van der Waals surface area contributed by atoms with Crippen LogP contribution < -0.4 is 5.32 Å². The first-order chi connectivity index (χ1) is 11.2. The summed E-state index contributed by atoms with van der Waals surface area (Å²) in [5, 5.41) is 3.72. The van der Waals surface area contributed by atoms with Crippen LogP contribution in [-0.4, -0.2) is 24.0 Å². The van der Waals surface area contributed by atoms with Crippen LogP contribution in [0.3, 0.4) is 0 Å². The molecular weight excluding hydrogens is 280 g/mol. The highest BCUT2D eigenvalue weighted by molar-refractivity contribution is 5.50. The molecule has 0 spiro atoms. The van der Waals surface area contributed by atoms with Crippen molar-refractivity contribution in [3.63, 3.8) is 0 Å². The van der Waals surface area contributed by atoms with Crippen molar-refractivity contribution >= 4 is 5.69 Å². The number of rotatable bonds is 5. The maximum atomic E-state index is 3.72. The average molecular weight is 308 g/mol. The van der Waals surface area contributed by atoms with Gasteiger partial charge in [-0.25, -0.2) is 0 Å². The molecule has 2 aromatic carbocycles. The molecule has 0 bridgehead atoms. The molecule has 1 heterocycles. The van der Waals surface area contributed by atoms with Crippen LogP contribution in [0, 0.1) is 6.92 Å².